The van der Waals surface area contributed by atoms with Crippen LogP contribution < -0.4 is 0 Å². The molecule has 0 aromatic heterocycles. The third-order valence-electron chi connectivity index (χ3n) is 13.0. The van der Waals surface area contributed by atoms with Gasteiger partial charge in [0.2, 0.25) is 0 Å². The Labute approximate surface area is 399 Å². The summed E-state index contributed by atoms with van der Waals surface area (Å²) in [5.41, 5.74) is 0. The molecule has 0 atom stereocenters. The van der Waals surface area contributed by atoms with E-state index >= 15 is 0 Å². The fraction of sp³-hybridized carbons (Fsp3) is 0.889. The molecule has 0 aliphatic carbocycles. The predicted molar refractivity (Wildman–Crippen MR) is 272 cm³/mol. The second-order valence-electron chi connectivity index (χ2n) is 18.8. The number of quaternary nitrogens is 3. The summed E-state index contributed by atoms with van der Waals surface area (Å²) in [5.74, 6) is 0. The topological polar surface area (TPSA) is 143 Å². The van der Waals surface area contributed by atoms with Crippen molar-refractivity contribution >= 4 is 0 Å². The van der Waals surface area contributed by atoms with Crippen molar-refractivity contribution in [1.82, 2.24) is 0 Å². The minimum absolute atomic E-state index is 1.03. The summed E-state index contributed by atoms with van der Waals surface area (Å²) in [6.07, 6.45) is 33.2. The van der Waals surface area contributed by atoms with Gasteiger partial charge in [-0.25, -0.2) is 0 Å². The average molecular weight is 939 g/mol. The van der Waals surface area contributed by atoms with Crippen LogP contribution >= 0.6 is 0 Å². The van der Waals surface area contributed by atoms with Crippen LogP contribution in [0.15, 0.2) is 0 Å². The van der Waals surface area contributed by atoms with E-state index < -0.39 is 10.7 Å². The first kappa shape index (κ1) is 67.9. The van der Waals surface area contributed by atoms with Gasteiger partial charge in [0, 0.05) is 0 Å². The fourth-order valence-electron chi connectivity index (χ4n) is 8.20. The molecule has 0 spiro atoms. The van der Waals surface area contributed by atoms with Gasteiger partial charge in [-0.2, -0.15) is 0 Å². The molecule has 0 radical (unpaired) electrons. The normalized spacial score (nSPS) is 12.3. The first-order valence-corrected chi connectivity index (χ1v) is 30.0. The van der Waals surface area contributed by atoms with Gasteiger partial charge in [-0.3, -0.25) is 0 Å². The summed E-state index contributed by atoms with van der Waals surface area (Å²) in [7, 11) is -6.17. The molecular weight excluding hydrogens is 831 g/mol. The molecule has 0 aromatic carbocycles. The quantitative estimate of drug-likeness (QED) is 0.0452. The summed E-state index contributed by atoms with van der Waals surface area (Å²) in [6, 6.07) is 0. The molecule has 0 saturated heterocycles. The van der Waals surface area contributed by atoms with Crippen molar-refractivity contribution in [2.24, 2.45) is 0 Å². The summed E-state index contributed by atoms with van der Waals surface area (Å²) >= 11 is 0. The molecule has 0 rings (SSSR count). The number of nitrogens with zero attached hydrogens (tertiary/aromatic N) is 9. The third kappa shape index (κ3) is 26.5. The molecular formula is C54H108FeN9. The van der Waals surface area contributed by atoms with Crippen molar-refractivity contribution in [2.45, 2.75) is 237 Å². The van der Waals surface area contributed by atoms with Crippen LogP contribution in [0.25, 0.3) is 0 Å². The molecule has 377 valence electrons. The fourth-order valence-corrected chi connectivity index (χ4v) is 9.03. The first-order chi connectivity index (χ1) is 30.7. The van der Waals surface area contributed by atoms with Crippen LogP contribution in [0.2, 0.25) is 0 Å². The maximum absolute atomic E-state index is 8.58. The van der Waals surface area contributed by atoms with Gasteiger partial charge >= 0.3 is 72.1 Å². The van der Waals surface area contributed by atoms with Gasteiger partial charge < -0.3 is 13.4 Å². The molecule has 0 aromatic rings. The van der Waals surface area contributed by atoms with Crippen LogP contribution in [-0.4, -0.2) is 92.0 Å². The zero-order valence-corrected chi connectivity index (χ0v) is 45.9. The van der Waals surface area contributed by atoms with Gasteiger partial charge in [-0.15, -0.1) is 0 Å². The molecule has 0 amide bonds. The summed E-state index contributed by atoms with van der Waals surface area (Å²) in [4.78, 5) is 6.19. The Kier molecular flexibility index (Phi) is 43.1. The second kappa shape index (κ2) is 40.6. The third-order valence-corrected chi connectivity index (χ3v) is 16.7. The van der Waals surface area contributed by atoms with Crippen molar-refractivity contribution in [3.8, 4) is 29.8 Å². The molecule has 0 N–H and O–H groups in total. The van der Waals surface area contributed by atoms with Crippen LogP contribution in [0.1, 0.15) is 237 Å². The van der Waals surface area contributed by atoms with Crippen molar-refractivity contribution < 1.29 is 24.2 Å². The zero-order chi connectivity index (χ0) is 49.6. The van der Waals surface area contributed by atoms with E-state index in [4.69, 9.17) is 31.6 Å². The Morgan fingerprint density at radius 3 is 0.359 bits per heavy atom. The molecule has 0 heterocycles. The summed E-state index contributed by atoms with van der Waals surface area (Å²) in [6.45, 7) is 45.1. The Hall–Kier alpha value is -2.66. The van der Waals surface area contributed by atoms with Crippen LogP contribution in [0.3, 0.4) is 0 Å². The molecule has 64 heavy (non-hydrogen) atoms. The van der Waals surface area contributed by atoms with E-state index in [-0.39, 0.29) is 0 Å². The molecule has 0 aliphatic heterocycles. The molecule has 10 heteroatoms. The average Bonchev–Trinajstić information content (AvgIpc) is 3.35. The van der Waals surface area contributed by atoms with Gasteiger partial charge in [0.1, 0.15) is 0 Å². The number of unbranched alkanes of at least 4 members (excludes halogenated alkanes) is 12. The Morgan fingerprint density at radius 1 is 0.219 bits per heavy atom. The van der Waals surface area contributed by atoms with Crippen molar-refractivity contribution in [1.29, 1.82) is 31.6 Å². The van der Waals surface area contributed by atoms with E-state index in [0.717, 1.165) is 29.8 Å². The Balaban J connectivity index is -0.000000377. The van der Waals surface area contributed by atoms with Crippen molar-refractivity contribution in [3.05, 3.63) is 0 Å². The predicted octanol–water partition coefficient (Wildman–Crippen LogP) is 15.1. The van der Waals surface area contributed by atoms with Gasteiger partial charge in [0.25, 0.3) is 0 Å². The van der Waals surface area contributed by atoms with Crippen molar-refractivity contribution in [3.63, 3.8) is 0 Å². The van der Waals surface area contributed by atoms with Crippen LogP contribution in [-0.2, 0) is 10.7 Å². The monoisotopic (exact) mass is 939 g/mol. The number of nitriles is 6. The van der Waals surface area contributed by atoms with Gasteiger partial charge in [0.15, 0.2) is 0 Å². The van der Waals surface area contributed by atoms with Gasteiger partial charge in [-0.05, 0) is 77.0 Å². The molecule has 0 fully saturated rings. The van der Waals surface area contributed by atoms with E-state index in [2.05, 4.69) is 83.1 Å². The van der Waals surface area contributed by atoms with Crippen LogP contribution in [0.5, 0.6) is 0 Å². The van der Waals surface area contributed by atoms with E-state index in [1.54, 1.807) is 0 Å². The van der Waals surface area contributed by atoms with Crippen molar-refractivity contribution in [2.75, 3.05) is 78.5 Å². The standard InChI is InChI=1S/3C16H36N.6CN.Fe/c3*1-5-9-13-17(14-10-6-2,15-11-7-3)16-12-8-4;6*1-2;/h3*5-16H2,1-4H3;;;;;;;/q3*+1;;;;;;;-3. The molecule has 0 bridgehead atoms. The van der Waals surface area contributed by atoms with E-state index in [1.165, 1.54) is 246 Å². The molecule has 9 nitrogen and oxygen atoms in total. The minimum atomic E-state index is -6.17. The first-order valence-electron chi connectivity index (χ1n) is 26.7. The van der Waals surface area contributed by atoms with Crippen LogP contribution in [0.4, 0.5) is 0 Å². The molecule has 0 unspecified atom stereocenters. The SMILES string of the molecule is CCCC[N+](CCCC)(CCCC)CCCC.CCCC[N+](CCCC)(CCCC)CCCC.CCCC[N+](CCCC)(CCCC)CCCC.N#[C][Fe-3]([C]#N)([C]#N)([C]#N)([C]#N)[C]#N. The Morgan fingerprint density at radius 2 is 0.312 bits per heavy atom. The van der Waals surface area contributed by atoms with E-state index in [0.29, 0.717) is 0 Å². The summed E-state index contributed by atoms with van der Waals surface area (Å²) < 4.78 is 4.26. The van der Waals surface area contributed by atoms with Gasteiger partial charge in [-0.1, -0.05) is 160 Å². The van der Waals surface area contributed by atoms with E-state index in [9.17, 15) is 0 Å². The van der Waals surface area contributed by atoms with Crippen LogP contribution in [0, 0.1) is 61.4 Å². The van der Waals surface area contributed by atoms with E-state index in [1.807, 2.05) is 0 Å². The molecule has 0 aliphatic rings. The molecule has 0 saturated carbocycles. The maximum atomic E-state index is 8.58. The number of hydrogen-bond donors (Lipinski definition) is 0. The van der Waals surface area contributed by atoms with Gasteiger partial charge in [0.05, 0.1) is 78.5 Å². The number of hydrogen-bond acceptors (Lipinski definition) is 6. The number of rotatable bonds is 36. The summed E-state index contributed by atoms with van der Waals surface area (Å²) in [5, 5.41) is 51.5. The second-order valence-corrected chi connectivity index (χ2v) is 24.4. The zero-order valence-electron chi connectivity index (χ0n) is 44.8. The Bertz CT molecular complexity index is 1040.